The van der Waals surface area contributed by atoms with Crippen molar-refractivity contribution in [2.75, 3.05) is 6.61 Å². The number of ether oxygens (including phenoxy) is 1. The number of carbonyl (C=O) groups is 1. The molecule has 1 atom stereocenters. The SMILES string of the molecule is CCCCC(CC)COc1ncncc1C(=O)O. The fourth-order valence-electron chi connectivity index (χ4n) is 1.68. The summed E-state index contributed by atoms with van der Waals surface area (Å²) in [5, 5.41) is 8.97. The minimum absolute atomic E-state index is 0.0165. The topological polar surface area (TPSA) is 72.3 Å². The second-order valence-corrected chi connectivity index (χ2v) is 4.27. The maximum Gasteiger partial charge on any atom is 0.342 e. The van der Waals surface area contributed by atoms with Crippen LogP contribution in [0.4, 0.5) is 0 Å². The Morgan fingerprint density at radius 3 is 2.89 bits per heavy atom. The molecule has 1 rings (SSSR count). The second-order valence-electron chi connectivity index (χ2n) is 4.27. The first-order valence-electron chi connectivity index (χ1n) is 6.35. The lowest BCUT2D eigenvalue weighted by atomic mass is 10.0. The van der Waals surface area contributed by atoms with E-state index < -0.39 is 5.97 Å². The summed E-state index contributed by atoms with van der Waals surface area (Å²) < 4.78 is 5.52. The molecular formula is C13H20N2O3. The lowest BCUT2D eigenvalue weighted by Crippen LogP contribution is -2.14. The predicted molar refractivity (Wildman–Crippen MR) is 67.8 cm³/mol. The van der Waals surface area contributed by atoms with Crippen molar-refractivity contribution in [1.29, 1.82) is 0 Å². The standard InChI is InChI=1S/C13H20N2O3/c1-3-5-6-10(4-2)8-18-12-11(13(16)17)7-14-9-15-12/h7,9-10H,3-6,8H2,1-2H3,(H,16,17). The fraction of sp³-hybridized carbons (Fsp3) is 0.615. The van der Waals surface area contributed by atoms with Crippen molar-refractivity contribution in [3.05, 3.63) is 18.1 Å². The molecule has 0 radical (unpaired) electrons. The molecule has 1 aromatic rings. The maximum atomic E-state index is 10.9. The summed E-state index contributed by atoms with van der Waals surface area (Å²) in [7, 11) is 0. The van der Waals surface area contributed by atoms with Gasteiger partial charge in [0, 0.05) is 6.20 Å². The van der Waals surface area contributed by atoms with E-state index in [0.717, 1.165) is 25.7 Å². The van der Waals surface area contributed by atoms with Crippen molar-refractivity contribution in [2.45, 2.75) is 39.5 Å². The molecule has 5 nitrogen and oxygen atoms in total. The molecule has 1 N–H and O–H groups in total. The van der Waals surface area contributed by atoms with Gasteiger partial charge in [-0.1, -0.05) is 33.1 Å². The van der Waals surface area contributed by atoms with E-state index in [4.69, 9.17) is 9.84 Å². The molecule has 0 spiro atoms. The summed E-state index contributed by atoms with van der Waals surface area (Å²) in [4.78, 5) is 18.5. The smallest absolute Gasteiger partial charge is 0.342 e. The fourth-order valence-corrected chi connectivity index (χ4v) is 1.68. The van der Waals surface area contributed by atoms with E-state index in [1.807, 2.05) is 0 Å². The number of rotatable bonds is 8. The van der Waals surface area contributed by atoms with Crippen LogP contribution >= 0.6 is 0 Å². The first-order valence-corrected chi connectivity index (χ1v) is 6.35. The van der Waals surface area contributed by atoms with Crippen molar-refractivity contribution in [3.8, 4) is 5.88 Å². The Labute approximate surface area is 107 Å². The predicted octanol–water partition coefficient (Wildman–Crippen LogP) is 2.77. The van der Waals surface area contributed by atoms with E-state index in [1.165, 1.54) is 12.5 Å². The second kappa shape index (κ2) is 7.63. The van der Waals surface area contributed by atoms with E-state index in [2.05, 4.69) is 23.8 Å². The Balaban J connectivity index is 2.59. The first kappa shape index (κ1) is 14.4. The largest absolute Gasteiger partial charge is 0.477 e. The van der Waals surface area contributed by atoms with Crippen LogP contribution in [0, 0.1) is 5.92 Å². The van der Waals surface area contributed by atoms with Gasteiger partial charge in [-0.15, -0.1) is 0 Å². The molecule has 0 saturated heterocycles. The van der Waals surface area contributed by atoms with Crippen molar-refractivity contribution < 1.29 is 14.6 Å². The average molecular weight is 252 g/mol. The summed E-state index contributed by atoms with van der Waals surface area (Å²) in [6.45, 7) is 4.77. The Morgan fingerprint density at radius 2 is 2.28 bits per heavy atom. The third-order valence-electron chi connectivity index (χ3n) is 2.91. The van der Waals surface area contributed by atoms with Crippen LogP contribution in [0.15, 0.2) is 12.5 Å². The van der Waals surface area contributed by atoms with Gasteiger partial charge in [-0.3, -0.25) is 0 Å². The molecule has 0 aliphatic rings. The van der Waals surface area contributed by atoms with Crippen LogP contribution in [-0.2, 0) is 0 Å². The van der Waals surface area contributed by atoms with Crippen molar-refractivity contribution in [2.24, 2.45) is 5.92 Å². The van der Waals surface area contributed by atoms with E-state index in [-0.39, 0.29) is 11.4 Å². The minimum atomic E-state index is -1.06. The summed E-state index contributed by atoms with van der Waals surface area (Å²) in [6.07, 6.45) is 7.00. The quantitative estimate of drug-likeness (QED) is 0.770. The van der Waals surface area contributed by atoms with Crippen LogP contribution in [0.1, 0.15) is 49.9 Å². The highest BCUT2D eigenvalue weighted by Crippen LogP contribution is 2.17. The highest BCUT2D eigenvalue weighted by atomic mass is 16.5. The molecule has 100 valence electrons. The van der Waals surface area contributed by atoms with E-state index in [9.17, 15) is 4.79 Å². The van der Waals surface area contributed by atoms with Gasteiger partial charge < -0.3 is 9.84 Å². The van der Waals surface area contributed by atoms with Gasteiger partial charge in [0.05, 0.1) is 6.61 Å². The highest BCUT2D eigenvalue weighted by molar-refractivity contribution is 5.89. The zero-order valence-corrected chi connectivity index (χ0v) is 10.9. The highest BCUT2D eigenvalue weighted by Gasteiger charge is 2.14. The summed E-state index contributed by atoms with van der Waals surface area (Å²) in [5.74, 6) is -0.457. The van der Waals surface area contributed by atoms with Crippen LogP contribution in [0.5, 0.6) is 5.88 Å². The molecule has 0 saturated carbocycles. The maximum absolute atomic E-state index is 10.9. The van der Waals surface area contributed by atoms with Gasteiger partial charge >= 0.3 is 5.97 Å². The Kier molecular flexibility index (Phi) is 6.11. The molecule has 0 aliphatic heterocycles. The van der Waals surface area contributed by atoms with Crippen molar-refractivity contribution in [1.82, 2.24) is 9.97 Å². The van der Waals surface area contributed by atoms with E-state index in [0.29, 0.717) is 12.5 Å². The minimum Gasteiger partial charge on any atom is -0.477 e. The summed E-state index contributed by atoms with van der Waals surface area (Å²) in [5.41, 5.74) is 0.0165. The average Bonchev–Trinajstić information content (AvgIpc) is 2.39. The number of aromatic nitrogens is 2. The van der Waals surface area contributed by atoms with Crippen molar-refractivity contribution in [3.63, 3.8) is 0 Å². The number of unbranched alkanes of at least 4 members (excludes halogenated alkanes) is 1. The van der Waals surface area contributed by atoms with Crippen LogP contribution in [0.25, 0.3) is 0 Å². The molecule has 0 amide bonds. The lowest BCUT2D eigenvalue weighted by molar-refractivity contribution is 0.0689. The molecule has 1 aromatic heterocycles. The first-order chi connectivity index (χ1) is 8.69. The number of nitrogens with zero attached hydrogens (tertiary/aromatic N) is 2. The zero-order valence-electron chi connectivity index (χ0n) is 10.9. The normalized spacial score (nSPS) is 12.1. The van der Waals surface area contributed by atoms with Crippen molar-refractivity contribution >= 4 is 5.97 Å². The Morgan fingerprint density at radius 1 is 1.50 bits per heavy atom. The van der Waals surface area contributed by atoms with Crippen LogP contribution in [-0.4, -0.2) is 27.7 Å². The summed E-state index contributed by atoms with van der Waals surface area (Å²) >= 11 is 0. The Hall–Kier alpha value is -1.65. The molecule has 0 aliphatic carbocycles. The molecule has 0 fully saturated rings. The number of carboxylic acids is 1. The third-order valence-corrected chi connectivity index (χ3v) is 2.91. The monoisotopic (exact) mass is 252 g/mol. The van der Waals surface area contributed by atoms with Gasteiger partial charge in [-0.25, -0.2) is 14.8 Å². The van der Waals surface area contributed by atoms with Gasteiger partial charge in [-0.05, 0) is 12.3 Å². The van der Waals surface area contributed by atoms with Gasteiger partial charge in [0.25, 0.3) is 0 Å². The number of hydrogen-bond donors (Lipinski definition) is 1. The van der Waals surface area contributed by atoms with Gasteiger partial charge in [0.15, 0.2) is 0 Å². The van der Waals surface area contributed by atoms with Gasteiger partial charge in [0.2, 0.25) is 5.88 Å². The third kappa shape index (κ3) is 4.31. The van der Waals surface area contributed by atoms with Gasteiger partial charge in [-0.2, -0.15) is 0 Å². The molecule has 18 heavy (non-hydrogen) atoms. The van der Waals surface area contributed by atoms with Gasteiger partial charge in [0.1, 0.15) is 11.9 Å². The number of aromatic carboxylic acids is 1. The van der Waals surface area contributed by atoms with Crippen LogP contribution in [0.3, 0.4) is 0 Å². The molecule has 0 aromatic carbocycles. The molecule has 0 bridgehead atoms. The molecular weight excluding hydrogens is 232 g/mol. The lowest BCUT2D eigenvalue weighted by Gasteiger charge is -2.15. The van der Waals surface area contributed by atoms with E-state index in [1.54, 1.807) is 0 Å². The summed E-state index contributed by atoms with van der Waals surface area (Å²) in [6, 6.07) is 0. The molecule has 1 heterocycles. The molecule has 5 heteroatoms. The number of hydrogen-bond acceptors (Lipinski definition) is 4. The van der Waals surface area contributed by atoms with Crippen LogP contribution < -0.4 is 4.74 Å². The Bertz CT molecular complexity index is 382. The zero-order chi connectivity index (χ0) is 13.4. The van der Waals surface area contributed by atoms with E-state index >= 15 is 0 Å². The molecule has 1 unspecified atom stereocenters. The van der Waals surface area contributed by atoms with Crippen LogP contribution in [0.2, 0.25) is 0 Å². The number of carboxylic acid groups (broad SMARTS) is 1.